The second-order valence-electron chi connectivity index (χ2n) is 6.75. The molecule has 1 N–H and O–H groups in total. The zero-order valence-corrected chi connectivity index (χ0v) is 13.7. The lowest BCUT2D eigenvalue weighted by molar-refractivity contribution is 0.186. The van der Waals surface area contributed by atoms with Crippen LogP contribution in [0.1, 0.15) is 44.6 Å². The van der Waals surface area contributed by atoms with Gasteiger partial charge in [-0.25, -0.2) is 4.79 Å². The van der Waals surface area contributed by atoms with Gasteiger partial charge in [0.25, 0.3) is 0 Å². The smallest absolute Gasteiger partial charge is 0.317 e. The zero-order chi connectivity index (χ0) is 15.5. The third-order valence-electron chi connectivity index (χ3n) is 5.10. The fraction of sp³-hybridized carbons (Fsp3) is 0.611. The molecule has 0 saturated heterocycles. The van der Waals surface area contributed by atoms with Crippen LogP contribution < -0.4 is 10.2 Å². The van der Waals surface area contributed by atoms with Crippen molar-refractivity contribution in [1.29, 1.82) is 0 Å². The Morgan fingerprint density at radius 2 is 1.91 bits per heavy atom. The number of amides is 2. The molecule has 1 heterocycles. The van der Waals surface area contributed by atoms with Crippen molar-refractivity contribution in [2.45, 2.75) is 57.7 Å². The highest BCUT2D eigenvalue weighted by molar-refractivity contribution is 5.75. The van der Waals surface area contributed by atoms with Gasteiger partial charge >= 0.3 is 6.03 Å². The number of anilines is 1. The second kappa shape index (κ2) is 6.59. The highest BCUT2D eigenvalue weighted by Crippen LogP contribution is 2.26. The monoisotopic (exact) mass is 301 g/mol. The summed E-state index contributed by atoms with van der Waals surface area (Å²) in [5, 5.41) is 3.25. The molecule has 0 aromatic heterocycles. The zero-order valence-electron chi connectivity index (χ0n) is 13.7. The van der Waals surface area contributed by atoms with E-state index in [1.807, 2.05) is 4.90 Å². The highest BCUT2D eigenvalue weighted by Gasteiger charge is 2.27. The van der Waals surface area contributed by atoms with E-state index in [-0.39, 0.29) is 6.03 Å². The van der Waals surface area contributed by atoms with Gasteiger partial charge in [-0.3, -0.25) is 0 Å². The lowest BCUT2D eigenvalue weighted by Crippen LogP contribution is -2.48. The molecular weight excluding hydrogens is 274 g/mol. The van der Waals surface area contributed by atoms with Gasteiger partial charge in [0.2, 0.25) is 0 Å². The van der Waals surface area contributed by atoms with Crippen molar-refractivity contribution in [3.05, 3.63) is 29.8 Å². The molecule has 22 heavy (non-hydrogen) atoms. The maximum absolute atomic E-state index is 12.7. The van der Waals surface area contributed by atoms with Gasteiger partial charge in [-0.15, -0.1) is 0 Å². The largest absolute Gasteiger partial charge is 0.370 e. The van der Waals surface area contributed by atoms with Gasteiger partial charge in [0, 0.05) is 37.9 Å². The van der Waals surface area contributed by atoms with E-state index >= 15 is 0 Å². The highest BCUT2D eigenvalue weighted by atomic mass is 16.2. The molecule has 0 radical (unpaired) electrons. The van der Waals surface area contributed by atoms with Crippen molar-refractivity contribution in [1.82, 2.24) is 10.2 Å². The number of nitrogens with one attached hydrogen (secondary N) is 1. The molecule has 2 aliphatic rings. The van der Waals surface area contributed by atoms with Crippen LogP contribution in [0.2, 0.25) is 0 Å². The first kappa shape index (κ1) is 15.2. The number of hydrogen-bond acceptors (Lipinski definition) is 2. The fourth-order valence-electron chi connectivity index (χ4n) is 3.61. The van der Waals surface area contributed by atoms with Crippen molar-refractivity contribution < 1.29 is 4.79 Å². The number of urea groups is 1. The number of hydrogen-bond donors (Lipinski definition) is 1. The van der Waals surface area contributed by atoms with Crippen LogP contribution >= 0.6 is 0 Å². The minimum Gasteiger partial charge on any atom is -0.370 e. The Balaban J connectivity index is 1.72. The molecule has 1 saturated carbocycles. The molecule has 0 spiro atoms. The molecule has 1 atom stereocenters. The lowest BCUT2D eigenvalue weighted by Gasteiger charge is -2.30. The van der Waals surface area contributed by atoms with E-state index in [4.69, 9.17) is 0 Å². The Morgan fingerprint density at radius 3 is 2.68 bits per heavy atom. The summed E-state index contributed by atoms with van der Waals surface area (Å²) in [5.74, 6) is 0. The van der Waals surface area contributed by atoms with Gasteiger partial charge in [0.05, 0.1) is 0 Å². The Kier molecular flexibility index (Phi) is 4.55. The first-order chi connectivity index (χ1) is 10.6. The van der Waals surface area contributed by atoms with Crippen molar-refractivity contribution in [3.63, 3.8) is 0 Å². The molecule has 1 aromatic rings. The average Bonchev–Trinajstić information content (AvgIpc) is 2.66. The van der Waals surface area contributed by atoms with Gasteiger partial charge in [0.15, 0.2) is 0 Å². The molecule has 2 amide bonds. The molecule has 4 nitrogen and oxygen atoms in total. The van der Waals surface area contributed by atoms with Crippen molar-refractivity contribution in [2.24, 2.45) is 0 Å². The lowest BCUT2D eigenvalue weighted by atomic mass is 9.96. The SMILES string of the molecule is CC1CN(C(=O)NC2CCCCC2)Cc2ccccc2N1C. The van der Waals surface area contributed by atoms with E-state index in [2.05, 4.69) is 48.5 Å². The van der Waals surface area contributed by atoms with Crippen molar-refractivity contribution in [2.75, 3.05) is 18.5 Å². The van der Waals surface area contributed by atoms with Gasteiger partial charge < -0.3 is 15.1 Å². The third kappa shape index (κ3) is 3.21. The minimum absolute atomic E-state index is 0.101. The van der Waals surface area contributed by atoms with Gasteiger partial charge in [-0.1, -0.05) is 37.5 Å². The summed E-state index contributed by atoms with van der Waals surface area (Å²) in [6, 6.07) is 9.19. The van der Waals surface area contributed by atoms with Gasteiger partial charge in [-0.05, 0) is 31.4 Å². The normalized spacial score (nSPS) is 22.9. The summed E-state index contributed by atoms with van der Waals surface area (Å²) in [5.41, 5.74) is 2.47. The number of benzene rings is 1. The Morgan fingerprint density at radius 1 is 1.18 bits per heavy atom. The summed E-state index contributed by atoms with van der Waals surface area (Å²) in [7, 11) is 2.12. The van der Waals surface area contributed by atoms with E-state index in [9.17, 15) is 4.79 Å². The number of carbonyl (C=O) groups excluding carboxylic acids is 1. The number of carbonyl (C=O) groups is 1. The molecule has 1 aliphatic carbocycles. The molecule has 120 valence electrons. The van der Waals surface area contributed by atoms with E-state index in [0.29, 0.717) is 18.6 Å². The number of fused-ring (bicyclic) bond motifs is 1. The van der Waals surface area contributed by atoms with Crippen LogP contribution in [-0.2, 0) is 6.54 Å². The summed E-state index contributed by atoms with van der Waals surface area (Å²) in [6.07, 6.45) is 6.06. The Bertz CT molecular complexity index is 525. The summed E-state index contributed by atoms with van der Waals surface area (Å²) in [6.45, 7) is 3.65. The predicted molar refractivity (Wildman–Crippen MR) is 90.1 cm³/mol. The maximum atomic E-state index is 12.7. The summed E-state index contributed by atoms with van der Waals surface area (Å²) in [4.78, 5) is 16.9. The van der Waals surface area contributed by atoms with Crippen LogP contribution in [-0.4, -0.2) is 36.6 Å². The number of likely N-dealkylation sites (N-methyl/N-ethyl adjacent to an activating group) is 1. The first-order valence-corrected chi connectivity index (χ1v) is 8.51. The van der Waals surface area contributed by atoms with E-state index in [1.54, 1.807) is 0 Å². The van der Waals surface area contributed by atoms with Crippen LogP contribution in [0.15, 0.2) is 24.3 Å². The van der Waals surface area contributed by atoms with Crippen molar-refractivity contribution >= 4 is 11.7 Å². The quantitative estimate of drug-likeness (QED) is 0.863. The Labute approximate surface area is 133 Å². The van der Waals surface area contributed by atoms with Gasteiger partial charge in [-0.2, -0.15) is 0 Å². The molecule has 1 aromatic carbocycles. The maximum Gasteiger partial charge on any atom is 0.317 e. The first-order valence-electron chi connectivity index (χ1n) is 8.51. The van der Waals surface area contributed by atoms with Gasteiger partial charge in [0.1, 0.15) is 0 Å². The minimum atomic E-state index is 0.101. The van der Waals surface area contributed by atoms with E-state index in [1.165, 1.54) is 30.5 Å². The molecular formula is C18H27N3O. The molecule has 1 fully saturated rings. The Hall–Kier alpha value is -1.71. The van der Waals surface area contributed by atoms with Crippen LogP contribution in [0, 0.1) is 0 Å². The fourth-order valence-corrected chi connectivity index (χ4v) is 3.61. The van der Waals surface area contributed by atoms with Crippen molar-refractivity contribution in [3.8, 4) is 0 Å². The van der Waals surface area contributed by atoms with E-state index in [0.717, 1.165) is 19.4 Å². The summed E-state index contributed by atoms with van der Waals surface area (Å²) >= 11 is 0. The van der Waals surface area contributed by atoms with Crippen LogP contribution in [0.3, 0.4) is 0 Å². The molecule has 4 heteroatoms. The average molecular weight is 301 g/mol. The molecule has 0 bridgehead atoms. The molecule has 1 aliphatic heterocycles. The molecule has 3 rings (SSSR count). The van der Waals surface area contributed by atoms with Crippen LogP contribution in [0.4, 0.5) is 10.5 Å². The predicted octanol–water partition coefficient (Wildman–Crippen LogP) is 3.37. The number of rotatable bonds is 1. The third-order valence-corrected chi connectivity index (χ3v) is 5.10. The standard InChI is InChI=1S/C18H27N3O/c1-14-12-21(18(22)19-16-9-4-3-5-10-16)13-15-8-6-7-11-17(15)20(14)2/h6-8,11,14,16H,3-5,9-10,12-13H2,1-2H3,(H,19,22). The molecule has 1 unspecified atom stereocenters. The topological polar surface area (TPSA) is 35.6 Å². The van der Waals surface area contributed by atoms with Crippen LogP contribution in [0.5, 0.6) is 0 Å². The van der Waals surface area contributed by atoms with E-state index < -0.39 is 0 Å². The summed E-state index contributed by atoms with van der Waals surface area (Å²) < 4.78 is 0. The second-order valence-corrected chi connectivity index (χ2v) is 6.75. The van der Waals surface area contributed by atoms with Crippen LogP contribution in [0.25, 0.3) is 0 Å². The number of nitrogens with zero attached hydrogens (tertiary/aromatic N) is 2. The number of para-hydroxylation sites is 1.